The van der Waals surface area contributed by atoms with Crippen molar-refractivity contribution in [1.82, 2.24) is 19.8 Å². The minimum Gasteiger partial charge on any atom is -0.444 e. The van der Waals surface area contributed by atoms with Crippen LogP contribution in [0.4, 0.5) is 4.79 Å². The van der Waals surface area contributed by atoms with Gasteiger partial charge in [-0.25, -0.2) is 9.78 Å². The molecule has 1 aromatic heterocycles. The number of benzene rings is 3. The molecule has 9 heteroatoms. The summed E-state index contributed by atoms with van der Waals surface area (Å²) in [7, 11) is 0. The summed E-state index contributed by atoms with van der Waals surface area (Å²) in [5.74, 6) is 5.79. The Morgan fingerprint density at radius 1 is 0.930 bits per heavy atom. The molecule has 0 radical (unpaired) electrons. The molecule has 3 aromatic carbocycles. The van der Waals surface area contributed by atoms with Crippen LogP contribution in [0.25, 0.3) is 16.6 Å². The second-order valence-electron chi connectivity index (χ2n) is 11.1. The van der Waals surface area contributed by atoms with Gasteiger partial charge in [-0.3, -0.25) is 23.9 Å². The Balaban J connectivity index is 1.50. The van der Waals surface area contributed by atoms with Crippen molar-refractivity contribution in [3.05, 3.63) is 106 Å². The van der Waals surface area contributed by atoms with Gasteiger partial charge >= 0.3 is 6.09 Å². The van der Waals surface area contributed by atoms with E-state index in [4.69, 9.17) is 9.72 Å². The predicted octanol–water partition coefficient (Wildman–Crippen LogP) is 5.40. The van der Waals surface area contributed by atoms with Crippen LogP contribution in [-0.4, -0.2) is 44.5 Å². The number of hydrogen-bond donors (Lipinski definition) is 1. The number of rotatable bonds is 6. The van der Waals surface area contributed by atoms with E-state index >= 15 is 0 Å². The van der Waals surface area contributed by atoms with Crippen molar-refractivity contribution in [3.63, 3.8) is 0 Å². The number of alkyl carbamates (subject to hydrolysis) is 1. The first kappa shape index (κ1) is 29.3. The minimum atomic E-state index is -0.689. The fourth-order valence-electron chi connectivity index (χ4n) is 4.98. The summed E-state index contributed by atoms with van der Waals surface area (Å²) >= 11 is 0. The molecule has 5 rings (SSSR count). The lowest BCUT2D eigenvalue weighted by Gasteiger charge is -2.24. The molecule has 0 spiro atoms. The van der Waals surface area contributed by atoms with Crippen molar-refractivity contribution in [2.24, 2.45) is 0 Å². The second kappa shape index (κ2) is 11.9. The van der Waals surface area contributed by atoms with E-state index < -0.39 is 17.7 Å². The van der Waals surface area contributed by atoms with Crippen LogP contribution >= 0.6 is 0 Å². The molecule has 4 aromatic rings. The van der Waals surface area contributed by atoms with Gasteiger partial charge in [0.25, 0.3) is 17.4 Å². The van der Waals surface area contributed by atoms with E-state index in [0.717, 1.165) is 0 Å². The van der Waals surface area contributed by atoms with Gasteiger partial charge in [0.05, 0.1) is 33.8 Å². The van der Waals surface area contributed by atoms with Crippen molar-refractivity contribution >= 4 is 28.8 Å². The van der Waals surface area contributed by atoms with Crippen molar-refractivity contribution < 1.29 is 19.1 Å². The lowest BCUT2D eigenvalue weighted by atomic mass is 10.1. The SMILES string of the molecule is CC[C@H](NC(=O)OC(C)(C)C)c1nc2cccc(C#CCCN3C(=O)c4ccccc4C3=O)c2c(=O)n1-c1ccccc1. The molecule has 9 nitrogen and oxygen atoms in total. The van der Waals surface area contributed by atoms with Crippen LogP contribution in [0.2, 0.25) is 0 Å². The molecule has 0 fully saturated rings. The first-order valence-corrected chi connectivity index (χ1v) is 14.1. The third-order valence-electron chi connectivity index (χ3n) is 6.91. The number of nitrogens with zero attached hydrogens (tertiary/aromatic N) is 3. The number of nitrogens with one attached hydrogen (secondary N) is 1. The van der Waals surface area contributed by atoms with E-state index in [1.54, 1.807) is 75.4 Å². The summed E-state index contributed by atoms with van der Waals surface area (Å²) in [5.41, 5.74) is 1.26. The van der Waals surface area contributed by atoms with Crippen LogP contribution in [0.15, 0.2) is 77.6 Å². The summed E-state index contributed by atoms with van der Waals surface area (Å²) in [4.78, 5) is 58.3. The maximum absolute atomic E-state index is 14.2. The van der Waals surface area contributed by atoms with E-state index in [-0.39, 0.29) is 30.3 Å². The highest BCUT2D eigenvalue weighted by Gasteiger charge is 2.34. The van der Waals surface area contributed by atoms with E-state index in [1.807, 2.05) is 25.1 Å². The quantitative estimate of drug-likeness (QED) is 0.243. The largest absolute Gasteiger partial charge is 0.444 e. The molecule has 1 N–H and O–H groups in total. The highest BCUT2D eigenvalue weighted by Crippen LogP contribution is 2.24. The minimum absolute atomic E-state index is 0.134. The molecule has 0 unspecified atom stereocenters. The highest BCUT2D eigenvalue weighted by atomic mass is 16.6. The van der Waals surface area contributed by atoms with Crippen LogP contribution in [0.3, 0.4) is 0 Å². The number of carbonyl (C=O) groups is 3. The van der Waals surface area contributed by atoms with Crippen molar-refractivity contribution in [2.75, 3.05) is 6.54 Å². The molecular formula is C34H32N4O5. The van der Waals surface area contributed by atoms with Gasteiger partial charge in [0.1, 0.15) is 11.4 Å². The van der Waals surface area contributed by atoms with Gasteiger partial charge in [-0.15, -0.1) is 0 Å². The Kier molecular flexibility index (Phi) is 8.13. The van der Waals surface area contributed by atoms with E-state index in [2.05, 4.69) is 17.2 Å². The average Bonchev–Trinajstić information content (AvgIpc) is 3.22. The zero-order valence-corrected chi connectivity index (χ0v) is 24.5. The number of carbonyl (C=O) groups excluding carboxylic acids is 3. The normalized spacial score (nSPS) is 13.3. The first-order valence-electron chi connectivity index (χ1n) is 14.1. The van der Waals surface area contributed by atoms with Crippen molar-refractivity contribution in [1.29, 1.82) is 0 Å². The molecule has 1 atom stereocenters. The lowest BCUT2D eigenvalue weighted by molar-refractivity contribution is 0.0498. The zero-order valence-electron chi connectivity index (χ0n) is 24.5. The Labute approximate surface area is 249 Å². The molecule has 3 amide bonds. The summed E-state index contributed by atoms with van der Waals surface area (Å²) in [5, 5.41) is 3.20. The van der Waals surface area contributed by atoms with Crippen LogP contribution in [0.1, 0.15) is 78.7 Å². The molecule has 1 aliphatic rings. The Morgan fingerprint density at radius 3 is 2.21 bits per heavy atom. The van der Waals surface area contributed by atoms with Gasteiger partial charge in [0, 0.05) is 18.5 Å². The number of ether oxygens (including phenoxy) is 1. The number of fused-ring (bicyclic) bond motifs is 2. The standard InChI is InChI=1S/C34H32N4O5/c1-5-26(36-33(42)43-34(2,3)4)29-35-27-20-13-15-22(28(27)32(41)38(29)23-16-7-6-8-17-23)14-11-12-21-37-30(39)24-18-9-10-19-25(24)31(37)40/h6-10,13,15-20,26H,5,12,21H2,1-4H3,(H,36,42)/t26-/m0/s1. The second-order valence-corrected chi connectivity index (χ2v) is 11.1. The van der Waals surface area contributed by atoms with Gasteiger partial charge in [0.15, 0.2) is 0 Å². The number of hydrogen-bond acceptors (Lipinski definition) is 6. The van der Waals surface area contributed by atoms with Crippen LogP contribution in [0, 0.1) is 11.8 Å². The van der Waals surface area contributed by atoms with Crippen molar-refractivity contribution in [2.45, 2.75) is 52.2 Å². The smallest absolute Gasteiger partial charge is 0.408 e. The molecule has 218 valence electrons. The number of para-hydroxylation sites is 1. The van der Waals surface area contributed by atoms with Gasteiger partial charge in [-0.1, -0.05) is 55.2 Å². The molecule has 0 saturated carbocycles. The molecule has 1 aliphatic heterocycles. The zero-order chi connectivity index (χ0) is 30.7. The summed E-state index contributed by atoms with van der Waals surface area (Å²) in [6, 6.07) is 20.5. The summed E-state index contributed by atoms with van der Waals surface area (Å²) in [6.45, 7) is 7.37. The third-order valence-corrected chi connectivity index (χ3v) is 6.91. The molecular weight excluding hydrogens is 544 g/mol. The van der Waals surface area contributed by atoms with Gasteiger partial charge in [0.2, 0.25) is 0 Å². The van der Waals surface area contributed by atoms with Crippen LogP contribution in [-0.2, 0) is 4.74 Å². The number of imide groups is 1. The van der Waals surface area contributed by atoms with Gasteiger partial charge in [-0.05, 0) is 63.6 Å². The van der Waals surface area contributed by atoms with E-state index in [1.165, 1.54) is 9.47 Å². The van der Waals surface area contributed by atoms with Gasteiger partial charge < -0.3 is 10.1 Å². The molecule has 0 bridgehead atoms. The van der Waals surface area contributed by atoms with Gasteiger partial charge in [-0.2, -0.15) is 0 Å². The first-order chi connectivity index (χ1) is 20.6. The lowest BCUT2D eigenvalue weighted by Crippen LogP contribution is -2.37. The number of aromatic nitrogens is 2. The van der Waals surface area contributed by atoms with E-state index in [0.29, 0.717) is 45.5 Å². The fourth-order valence-corrected chi connectivity index (χ4v) is 4.98. The monoisotopic (exact) mass is 576 g/mol. The molecule has 0 saturated heterocycles. The molecule has 43 heavy (non-hydrogen) atoms. The average molecular weight is 577 g/mol. The predicted molar refractivity (Wildman–Crippen MR) is 163 cm³/mol. The highest BCUT2D eigenvalue weighted by molar-refractivity contribution is 6.21. The topological polar surface area (TPSA) is 111 Å². The summed E-state index contributed by atoms with van der Waals surface area (Å²) in [6.07, 6.45) is 0.0882. The fraction of sp³-hybridized carbons (Fsp3) is 0.265. The maximum Gasteiger partial charge on any atom is 0.408 e. The Hall–Kier alpha value is -5.23. The summed E-state index contributed by atoms with van der Waals surface area (Å²) < 4.78 is 6.97. The molecule has 2 heterocycles. The molecule has 0 aliphatic carbocycles. The van der Waals surface area contributed by atoms with Crippen LogP contribution < -0.4 is 10.9 Å². The maximum atomic E-state index is 14.2. The third kappa shape index (κ3) is 6.04. The van der Waals surface area contributed by atoms with E-state index in [9.17, 15) is 19.2 Å². The Morgan fingerprint density at radius 2 is 1.58 bits per heavy atom. The van der Waals surface area contributed by atoms with Crippen molar-refractivity contribution in [3.8, 4) is 17.5 Å². The Bertz CT molecular complexity index is 1810. The van der Waals surface area contributed by atoms with Crippen LogP contribution in [0.5, 0.6) is 0 Å². The number of amides is 3.